The SMILES string of the molecule is CCNC(=O)c1cc(Cl)ccc1NS(=O)(=O)c1ccc(Cl)cc1. The van der Waals surface area contributed by atoms with Crippen LogP contribution in [0.5, 0.6) is 0 Å². The molecule has 0 aromatic heterocycles. The van der Waals surface area contributed by atoms with Gasteiger partial charge in [0.2, 0.25) is 0 Å². The third kappa shape index (κ3) is 4.37. The molecule has 0 spiro atoms. The summed E-state index contributed by atoms with van der Waals surface area (Å²) in [5.41, 5.74) is 0.298. The molecule has 122 valence electrons. The predicted molar refractivity (Wildman–Crippen MR) is 91.7 cm³/mol. The molecular weight excluding hydrogens is 359 g/mol. The molecule has 0 fully saturated rings. The summed E-state index contributed by atoms with van der Waals surface area (Å²) in [7, 11) is -3.85. The Labute approximate surface area is 144 Å². The maximum atomic E-state index is 12.4. The molecule has 1 amide bonds. The van der Waals surface area contributed by atoms with Crippen LogP contribution in [0.25, 0.3) is 0 Å². The van der Waals surface area contributed by atoms with Gasteiger partial charge in [-0.2, -0.15) is 0 Å². The smallest absolute Gasteiger partial charge is 0.261 e. The van der Waals surface area contributed by atoms with Crippen LogP contribution in [0.4, 0.5) is 5.69 Å². The van der Waals surface area contributed by atoms with Crippen LogP contribution in [0.15, 0.2) is 47.4 Å². The molecule has 2 rings (SSSR count). The molecule has 0 radical (unpaired) electrons. The molecule has 2 aromatic rings. The Kier molecular flexibility index (Phi) is 5.51. The zero-order valence-corrected chi connectivity index (χ0v) is 14.5. The molecule has 0 bridgehead atoms. The normalized spacial score (nSPS) is 11.1. The van der Waals surface area contributed by atoms with Crippen molar-refractivity contribution in [2.75, 3.05) is 11.3 Å². The number of carbonyl (C=O) groups is 1. The fourth-order valence-electron chi connectivity index (χ4n) is 1.87. The van der Waals surface area contributed by atoms with Gasteiger partial charge < -0.3 is 5.32 Å². The second-order valence-electron chi connectivity index (χ2n) is 4.61. The van der Waals surface area contributed by atoms with Crippen LogP contribution in [0.2, 0.25) is 10.0 Å². The number of hydrogen-bond acceptors (Lipinski definition) is 3. The molecule has 8 heteroatoms. The van der Waals surface area contributed by atoms with Crippen molar-refractivity contribution in [2.45, 2.75) is 11.8 Å². The first kappa shape index (κ1) is 17.6. The van der Waals surface area contributed by atoms with Gasteiger partial charge in [0, 0.05) is 16.6 Å². The van der Waals surface area contributed by atoms with E-state index in [9.17, 15) is 13.2 Å². The van der Waals surface area contributed by atoms with Gasteiger partial charge in [-0.15, -0.1) is 0 Å². The third-order valence-electron chi connectivity index (χ3n) is 2.93. The average molecular weight is 373 g/mol. The van der Waals surface area contributed by atoms with Crippen molar-refractivity contribution in [1.29, 1.82) is 0 Å². The van der Waals surface area contributed by atoms with Gasteiger partial charge in [-0.05, 0) is 49.4 Å². The molecule has 2 aromatic carbocycles. The lowest BCUT2D eigenvalue weighted by Crippen LogP contribution is -2.25. The van der Waals surface area contributed by atoms with Crippen LogP contribution in [0.1, 0.15) is 17.3 Å². The first-order valence-electron chi connectivity index (χ1n) is 6.69. The number of carbonyl (C=O) groups excluding carboxylic acids is 1. The molecule has 0 aliphatic heterocycles. The fourth-order valence-corrected chi connectivity index (χ4v) is 3.24. The van der Waals surface area contributed by atoms with Crippen LogP contribution in [0.3, 0.4) is 0 Å². The lowest BCUT2D eigenvalue weighted by molar-refractivity contribution is 0.0956. The van der Waals surface area contributed by atoms with Gasteiger partial charge in [0.05, 0.1) is 16.1 Å². The number of hydrogen-bond donors (Lipinski definition) is 2. The monoisotopic (exact) mass is 372 g/mol. The second-order valence-corrected chi connectivity index (χ2v) is 7.16. The molecule has 2 N–H and O–H groups in total. The Bertz CT molecular complexity index is 821. The summed E-state index contributed by atoms with van der Waals surface area (Å²) in [5.74, 6) is -0.413. The Hall–Kier alpha value is -1.76. The Morgan fingerprint density at radius 2 is 1.65 bits per heavy atom. The van der Waals surface area contributed by atoms with Gasteiger partial charge in [0.15, 0.2) is 0 Å². The van der Waals surface area contributed by atoms with Crippen molar-refractivity contribution in [3.8, 4) is 0 Å². The van der Waals surface area contributed by atoms with Crippen molar-refractivity contribution in [3.63, 3.8) is 0 Å². The minimum absolute atomic E-state index is 0.0405. The van der Waals surface area contributed by atoms with E-state index >= 15 is 0 Å². The Morgan fingerprint density at radius 1 is 1.04 bits per heavy atom. The lowest BCUT2D eigenvalue weighted by Gasteiger charge is -2.13. The number of nitrogens with one attached hydrogen (secondary N) is 2. The van der Waals surface area contributed by atoms with E-state index in [0.29, 0.717) is 16.6 Å². The maximum absolute atomic E-state index is 12.4. The van der Waals surface area contributed by atoms with Crippen molar-refractivity contribution < 1.29 is 13.2 Å². The largest absolute Gasteiger partial charge is 0.352 e. The van der Waals surface area contributed by atoms with Crippen molar-refractivity contribution in [3.05, 3.63) is 58.1 Å². The van der Waals surface area contributed by atoms with E-state index in [1.54, 1.807) is 6.92 Å². The molecule has 23 heavy (non-hydrogen) atoms. The van der Waals surface area contributed by atoms with Crippen LogP contribution in [0, 0.1) is 0 Å². The zero-order valence-electron chi connectivity index (χ0n) is 12.1. The van der Waals surface area contributed by atoms with E-state index in [1.165, 1.54) is 42.5 Å². The number of benzene rings is 2. The van der Waals surface area contributed by atoms with Gasteiger partial charge in [0.25, 0.3) is 15.9 Å². The second kappa shape index (κ2) is 7.21. The summed E-state index contributed by atoms with van der Waals surface area (Å²) in [6.45, 7) is 2.18. The summed E-state index contributed by atoms with van der Waals surface area (Å²) in [6.07, 6.45) is 0. The minimum Gasteiger partial charge on any atom is -0.352 e. The van der Waals surface area contributed by atoms with E-state index in [2.05, 4.69) is 10.0 Å². The van der Waals surface area contributed by atoms with Gasteiger partial charge in [-0.25, -0.2) is 8.42 Å². The average Bonchev–Trinajstić information content (AvgIpc) is 2.49. The van der Waals surface area contributed by atoms with Gasteiger partial charge in [-0.3, -0.25) is 9.52 Å². The Balaban J connectivity index is 2.39. The summed E-state index contributed by atoms with van der Waals surface area (Å²) >= 11 is 11.7. The number of anilines is 1. The number of amides is 1. The quantitative estimate of drug-likeness (QED) is 0.842. The first-order chi connectivity index (χ1) is 10.8. The highest BCUT2D eigenvalue weighted by Gasteiger charge is 2.19. The summed E-state index contributed by atoms with van der Waals surface area (Å²) in [6, 6.07) is 10.1. The summed E-state index contributed by atoms with van der Waals surface area (Å²) in [5, 5.41) is 3.38. The molecular formula is C15H14Cl2N2O3S. The Morgan fingerprint density at radius 3 is 2.26 bits per heavy atom. The van der Waals surface area contributed by atoms with Crippen LogP contribution in [-0.2, 0) is 10.0 Å². The maximum Gasteiger partial charge on any atom is 0.261 e. The molecule has 0 unspecified atom stereocenters. The standard InChI is InChI=1S/C15H14Cl2N2O3S/c1-2-18-15(20)13-9-11(17)5-8-14(13)19-23(21,22)12-6-3-10(16)4-7-12/h3-9,19H,2H2,1H3,(H,18,20). The molecule has 0 heterocycles. The molecule has 0 aliphatic carbocycles. The number of sulfonamides is 1. The van der Waals surface area contributed by atoms with E-state index in [4.69, 9.17) is 23.2 Å². The van der Waals surface area contributed by atoms with Crippen LogP contribution < -0.4 is 10.0 Å². The summed E-state index contributed by atoms with van der Waals surface area (Å²) in [4.78, 5) is 12.1. The molecule has 0 atom stereocenters. The van der Waals surface area contributed by atoms with E-state index in [-0.39, 0.29) is 16.1 Å². The number of rotatable bonds is 5. The zero-order chi connectivity index (χ0) is 17.0. The van der Waals surface area contributed by atoms with E-state index < -0.39 is 15.9 Å². The van der Waals surface area contributed by atoms with Crippen LogP contribution >= 0.6 is 23.2 Å². The molecule has 0 aliphatic rings. The van der Waals surface area contributed by atoms with Crippen molar-refractivity contribution in [1.82, 2.24) is 5.32 Å². The molecule has 0 saturated heterocycles. The highest BCUT2D eigenvalue weighted by atomic mass is 35.5. The minimum atomic E-state index is -3.85. The molecule has 5 nitrogen and oxygen atoms in total. The van der Waals surface area contributed by atoms with Crippen molar-refractivity contribution >= 4 is 44.8 Å². The van der Waals surface area contributed by atoms with Crippen LogP contribution in [-0.4, -0.2) is 20.9 Å². The first-order valence-corrected chi connectivity index (χ1v) is 8.93. The van der Waals surface area contributed by atoms with E-state index in [0.717, 1.165) is 0 Å². The fraction of sp³-hybridized carbons (Fsp3) is 0.133. The predicted octanol–water partition coefficient (Wildman–Crippen LogP) is 3.54. The van der Waals surface area contributed by atoms with Gasteiger partial charge in [0.1, 0.15) is 0 Å². The van der Waals surface area contributed by atoms with E-state index in [1.807, 2.05) is 0 Å². The van der Waals surface area contributed by atoms with Crippen molar-refractivity contribution in [2.24, 2.45) is 0 Å². The highest BCUT2D eigenvalue weighted by Crippen LogP contribution is 2.24. The highest BCUT2D eigenvalue weighted by molar-refractivity contribution is 7.92. The van der Waals surface area contributed by atoms with Gasteiger partial charge in [-0.1, -0.05) is 23.2 Å². The number of halogens is 2. The topological polar surface area (TPSA) is 75.3 Å². The lowest BCUT2D eigenvalue weighted by atomic mass is 10.1. The van der Waals surface area contributed by atoms with Gasteiger partial charge >= 0.3 is 0 Å². The third-order valence-corrected chi connectivity index (χ3v) is 4.80. The molecule has 0 saturated carbocycles. The summed E-state index contributed by atoms with van der Waals surface area (Å²) < 4.78 is 27.2.